The van der Waals surface area contributed by atoms with Gasteiger partial charge in [0, 0.05) is 18.8 Å². The Hall–Kier alpha value is -1.09. The summed E-state index contributed by atoms with van der Waals surface area (Å²) in [5, 5.41) is 3.51. The van der Waals surface area contributed by atoms with Crippen molar-refractivity contribution in [3.8, 4) is 5.75 Å². The average molecular weight is 236 g/mol. The molecule has 0 saturated heterocycles. The summed E-state index contributed by atoms with van der Waals surface area (Å²) in [6.45, 7) is 9.34. The molecule has 0 spiro atoms. The number of ether oxygens (including phenoxy) is 1. The topological polar surface area (TPSA) is 34.1 Å². The maximum absolute atomic E-state index is 5.86. The van der Waals surface area contributed by atoms with E-state index in [1.54, 1.807) is 6.20 Å². The zero-order valence-electron chi connectivity index (χ0n) is 11.4. The highest BCUT2D eigenvalue weighted by Crippen LogP contribution is 2.15. The number of nitrogens with one attached hydrogen (secondary N) is 1. The van der Waals surface area contributed by atoms with Crippen LogP contribution in [0.1, 0.15) is 39.3 Å². The molecule has 3 nitrogen and oxygen atoms in total. The molecule has 1 rings (SSSR count). The quantitative estimate of drug-likeness (QED) is 0.790. The molecule has 1 aromatic rings. The molecule has 1 unspecified atom stereocenters. The van der Waals surface area contributed by atoms with Crippen LogP contribution in [-0.4, -0.2) is 23.7 Å². The Morgan fingerprint density at radius 3 is 2.65 bits per heavy atom. The zero-order valence-corrected chi connectivity index (χ0v) is 11.4. The molecule has 3 heteroatoms. The van der Waals surface area contributed by atoms with Gasteiger partial charge in [0.05, 0.1) is 5.69 Å². The Morgan fingerprint density at radius 1 is 1.35 bits per heavy atom. The maximum atomic E-state index is 5.86. The molecule has 1 N–H and O–H groups in total. The van der Waals surface area contributed by atoms with E-state index < -0.39 is 0 Å². The third-order valence-corrected chi connectivity index (χ3v) is 2.97. The lowest BCUT2D eigenvalue weighted by molar-refractivity contribution is 0.208. The third-order valence-electron chi connectivity index (χ3n) is 2.97. The zero-order chi connectivity index (χ0) is 12.7. The predicted molar refractivity (Wildman–Crippen MR) is 71.4 cm³/mol. The molecule has 0 bridgehead atoms. The van der Waals surface area contributed by atoms with Gasteiger partial charge in [-0.2, -0.15) is 0 Å². The van der Waals surface area contributed by atoms with E-state index in [0.717, 1.165) is 30.8 Å². The van der Waals surface area contributed by atoms with E-state index >= 15 is 0 Å². The van der Waals surface area contributed by atoms with Crippen LogP contribution >= 0.6 is 0 Å². The maximum Gasteiger partial charge on any atom is 0.140 e. The molecular formula is C14H24N2O. The Labute approximate surface area is 105 Å². The smallest absolute Gasteiger partial charge is 0.140 e. The summed E-state index contributed by atoms with van der Waals surface area (Å²) in [5.74, 6) is 0.881. The van der Waals surface area contributed by atoms with Crippen molar-refractivity contribution in [2.75, 3.05) is 6.54 Å². The van der Waals surface area contributed by atoms with Crippen molar-refractivity contribution >= 4 is 0 Å². The Morgan fingerprint density at radius 2 is 2.06 bits per heavy atom. The highest BCUT2D eigenvalue weighted by Gasteiger charge is 2.09. The van der Waals surface area contributed by atoms with E-state index in [4.69, 9.17) is 4.74 Å². The lowest BCUT2D eigenvalue weighted by Crippen LogP contribution is -2.36. The average Bonchev–Trinajstić information content (AvgIpc) is 2.33. The van der Waals surface area contributed by atoms with Gasteiger partial charge in [0.15, 0.2) is 0 Å². The minimum atomic E-state index is 0.165. The molecule has 1 aromatic heterocycles. The van der Waals surface area contributed by atoms with Crippen molar-refractivity contribution in [2.24, 2.45) is 0 Å². The third kappa shape index (κ3) is 4.73. The van der Waals surface area contributed by atoms with Crippen molar-refractivity contribution in [3.05, 3.63) is 24.0 Å². The SMILES string of the molecule is CCC(CC)NCC(C)Oc1cccnc1C. The standard InChI is InChI=1S/C14H24N2O/c1-5-13(6-2)16-10-11(3)17-14-8-7-9-15-12(14)4/h7-9,11,13,16H,5-6,10H2,1-4H3. The van der Waals surface area contributed by atoms with Crippen LogP contribution in [0.4, 0.5) is 0 Å². The molecule has 1 heterocycles. The van der Waals surface area contributed by atoms with E-state index in [2.05, 4.69) is 31.1 Å². The van der Waals surface area contributed by atoms with Crippen LogP contribution in [0, 0.1) is 6.92 Å². The molecule has 17 heavy (non-hydrogen) atoms. The van der Waals surface area contributed by atoms with Crippen LogP contribution in [-0.2, 0) is 0 Å². The largest absolute Gasteiger partial charge is 0.487 e. The van der Waals surface area contributed by atoms with Crippen LogP contribution in [0.2, 0.25) is 0 Å². The number of hydrogen-bond donors (Lipinski definition) is 1. The molecule has 0 aliphatic carbocycles. The number of nitrogens with zero attached hydrogens (tertiary/aromatic N) is 1. The number of aryl methyl sites for hydroxylation is 1. The Balaban J connectivity index is 2.39. The Bertz CT molecular complexity index is 324. The number of rotatable bonds is 7. The van der Waals surface area contributed by atoms with Gasteiger partial charge in [-0.25, -0.2) is 0 Å². The van der Waals surface area contributed by atoms with Crippen LogP contribution in [0.25, 0.3) is 0 Å². The molecule has 0 aliphatic rings. The van der Waals surface area contributed by atoms with Gasteiger partial charge >= 0.3 is 0 Å². The Kier molecular flexibility index (Phi) is 5.98. The molecule has 0 aliphatic heterocycles. The summed E-state index contributed by atoms with van der Waals surface area (Å²) >= 11 is 0. The minimum Gasteiger partial charge on any atom is -0.487 e. The second-order valence-corrected chi connectivity index (χ2v) is 4.44. The van der Waals surface area contributed by atoms with E-state index in [9.17, 15) is 0 Å². The van der Waals surface area contributed by atoms with Gasteiger partial charge in [0.25, 0.3) is 0 Å². The normalized spacial score (nSPS) is 12.8. The van der Waals surface area contributed by atoms with Gasteiger partial charge in [0.2, 0.25) is 0 Å². The second kappa shape index (κ2) is 7.28. The molecule has 96 valence electrons. The van der Waals surface area contributed by atoms with Gasteiger partial charge in [-0.15, -0.1) is 0 Å². The first-order valence-electron chi connectivity index (χ1n) is 6.49. The van der Waals surface area contributed by atoms with E-state index in [0.29, 0.717) is 6.04 Å². The first-order valence-corrected chi connectivity index (χ1v) is 6.49. The van der Waals surface area contributed by atoms with Crippen molar-refractivity contribution in [3.63, 3.8) is 0 Å². The van der Waals surface area contributed by atoms with Gasteiger partial charge < -0.3 is 10.1 Å². The highest BCUT2D eigenvalue weighted by atomic mass is 16.5. The van der Waals surface area contributed by atoms with Gasteiger partial charge in [-0.05, 0) is 38.8 Å². The van der Waals surface area contributed by atoms with Gasteiger partial charge in [-0.3, -0.25) is 4.98 Å². The van der Waals surface area contributed by atoms with E-state index in [1.807, 2.05) is 19.1 Å². The summed E-state index contributed by atoms with van der Waals surface area (Å²) in [4.78, 5) is 4.21. The van der Waals surface area contributed by atoms with Gasteiger partial charge in [0.1, 0.15) is 11.9 Å². The number of aromatic nitrogens is 1. The van der Waals surface area contributed by atoms with Crippen molar-refractivity contribution < 1.29 is 4.74 Å². The molecule has 0 radical (unpaired) electrons. The van der Waals surface area contributed by atoms with Crippen LogP contribution in [0.15, 0.2) is 18.3 Å². The first kappa shape index (κ1) is 14.0. The van der Waals surface area contributed by atoms with Crippen molar-refractivity contribution in [1.29, 1.82) is 0 Å². The van der Waals surface area contributed by atoms with Crippen molar-refractivity contribution in [2.45, 2.75) is 52.7 Å². The van der Waals surface area contributed by atoms with Crippen LogP contribution in [0.5, 0.6) is 5.75 Å². The fourth-order valence-electron chi connectivity index (χ4n) is 1.76. The summed E-state index contributed by atoms with van der Waals surface area (Å²) < 4.78 is 5.86. The van der Waals surface area contributed by atoms with Crippen LogP contribution < -0.4 is 10.1 Å². The summed E-state index contributed by atoms with van der Waals surface area (Å²) in [5.41, 5.74) is 0.946. The first-order chi connectivity index (χ1) is 8.17. The number of pyridine rings is 1. The fourth-order valence-corrected chi connectivity index (χ4v) is 1.76. The fraction of sp³-hybridized carbons (Fsp3) is 0.643. The van der Waals surface area contributed by atoms with Crippen LogP contribution in [0.3, 0.4) is 0 Å². The molecule has 0 saturated carbocycles. The molecule has 0 amide bonds. The highest BCUT2D eigenvalue weighted by molar-refractivity contribution is 5.25. The lowest BCUT2D eigenvalue weighted by atomic mass is 10.1. The monoisotopic (exact) mass is 236 g/mol. The molecule has 0 aromatic carbocycles. The molecular weight excluding hydrogens is 212 g/mol. The van der Waals surface area contributed by atoms with Crippen molar-refractivity contribution in [1.82, 2.24) is 10.3 Å². The molecule has 1 atom stereocenters. The minimum absolute atomic E-state index is 0.165. The van der Waals surface area contributed by atoms with E-state index in [1.165, 1.54) is 0 Å². The second-order valence-electron chi connectivity index (χ2n) is 4.44. The molecule has 0 fully saturated rings. The lowest BCUT2D eigenvalue weighted by Gasteiger charge is -2.20. The summed E-state index contributed by atoms with van der Waals surface area (Å²) in [7, 11) is 0. The van der Waals surface area contributed by atoms with Gasteiger partial charge in [-0.1, -0.05) is 13.8 Å². The predicted octanol–water partition coefficient (Wildman–Crippen LogP) is 2.94. The van der Waals surface area contributed by atoms with E-state index in [-0.39, 0.29) is 6.10 Å². The summed E-state index contributed by atoms with van der Waals surface area (Å²) in [6, 6.07) is 4.47. The number of hydrogen-bond acceptors (Lipinski definition) is 3. The summed E-state index contributed by atoms with van der Waals surface area (Å²) in [6.07, 6.45) is 4.28.